The summed E-state index contributed by atoms with van der Waals surface area (Å²) in [6.07, 6.45) is 11.3. The van der Waals surface area contributed by atoms with Gasteiger partial charge in [0.05, 0.1) is 6.33 Å². The van der Waals surface area contributed by atoms with E-state index in [2.05, 4.69) is 10.3 Å². The van der Waals surface area contributed by atoms with E-state index < -0.39 is 17.9 Å². The van der Waals surface area contributed by atoms with Crippen molar-refractivity contribution in [1.82, 2.24) is 14.9 Å². The molecule has 31 heavy (non-hydrogen) atoms. The quantitative estimate of drug-likeness (QED) is 0.469. The molecule has 0 spiro atoms. The van der Waals surface area contributed by atoms with Crippen LogP contribution in [-0.4, -0.2) is 44.6 Å². The summed E-state index contributed by atoms with van der Waals surface area (Å²) in [6, 6.07) is 6.77. The second-order valence-corrected chi connectivity index (χ2v) is 8.78. The molecule has 0 bridgehead atoms. The molecule has 1 aromatic carbocycles. The number of hydrogen-bond acceptors (Lipinski definition) is 5. The van der Waals surface area contributed by atoms with Gasteiger partial charge in [-0.15, -0.1) is 11.3 Å². The lowest BCUT2D eigenvalue weighted by atomic mass is 10.1. The number of carboxylic acids is 1. The predicted molar refractivity (Wildman–Crippen MR) is 123 cm³/mol. The average Bonchev–Trinajstić information content (AvgIpc) is 3.41. The highest BCUT2D eigenvalue weighted by molar-refractivity contribution is 7.98. The Morgan fingerprint density at radius 2 is 2.13 bits per heavy atom. The van der Waals surface area contributed by atoms with E-state index in [1.165, 1.54) is 35.2 Å². The molecule has 2 aromatic heterocycles. The van der Waals surface area contributed by atoms with E-state index in [0.29, 0.717) is 34.7 Å². The number of halogens is 1. The van der Waals surface area contributed by atoms with Crippen LogP contribution in [-0.2, 0) is 11.3 Å². The largest absolute Gasteiger partial charge is 0.480 e. The molecule has 6 nitrogen and oxygen atoms in total. The van der Waals surface area contributed by atoms with Gasteiger partial charge in [0.25, 0.3) is 5.91 Å². The van der Waals surface area contributed by atoms with Crippen LogP contribution in [0.4, 0.5) is 4.39 Å². The van der Waals surface area contributed by atoms with Gasteiger partial charge in [0.1, 0.15) is 16.7 Å². The first-order chi connectivity index (χ1) is 15.0. The summed E-state index contributed by atoms with van der Waals surface area (Å²) in [6.45, 7) is 0.626. The Morgan fingerprint density at radius 3 is 2.77 bits per heavy atom. The minimum atomic E-state index is -1.07. The summed E-state index contributed by atoms with van der Waals surface area (Å²) in [5.74, 6) is -1.27. The van der Waals surface area contributed by atoms with E-state index in [4.69, 9.17) is 0 Å². The Morgan fingerprint density at radius 1 is 1.35 bits per heavy atom. The number of rotatable bonds is 10. The molecule has 0 radical (unpaired) electrons. The Labute approximate surface area is 187 Å². The summed E-state index contributed by atoms with van der Waals surface area (Å²) in [7, 11) is 0. The van der Waals surface area contributed by atoms with Crippen molar-refractivity contribution in [2.75, 3.05) is 12.0 Å². The molecule has 3 aromatic rings. The first-order valence-corrected chi connectivity index (χ1v) is 11.7. The highest BCUT2D eigenvalue weighted by Crippen LogP contribution is 2.33. The van der Waals surface area contributed by atoms with E-state index in [1.54, 1.807) is 24.7 Å². The SMILES string of the molecule is CSCC[C@H](NC(=O)c1sc(/C=C/Cn2ccnc2)cc1-c1ccc(F)cc1)C(=O)O. The van der Waals surface area contributed by atoms with Crippen molar-refractivity contribution < 1.29 is 19.1 Å². The third-order valence-electron chi connectivity index (χ3n) is 4.48. The normalized spacial score (nSPS) is 12.2. The fourth-order valence-electron chi connectivity index (χ4n) is 2.91. The van der Waals surface area contributed by atoms with Gasteiger partial charge in [-0.25, -0.2) is 14.2 Å². The lowest BCUT2D eigenvalue weighted by Gasteiger charge is -2.14. The van der Waals surface area contributed by atoms with E-state index >= 15 is 0 Å². The summed E-state index contributed by atoms with van der Waals surface area (Å²) < 4.78 is 15.3. The van der Waals surface area contributed by atoms with Crippen LogP contribution in [0, 0.1) is 5.82 Å². The molecule has 9 heteroatoms. The fraction of sp³-hybridized carbons (Fsp3) is 0.227. The third kappa shape index (κ3) is 6.28. The Bertz CT molecular complexity index is 1050. The van der Waals surface area contributed by atoms with Crippen LogP contribution in [0.3, 0.4) is 0 Å². The van der Waals surface area contributed by atoms with Crippen molar-refractivity contribution in [1.29, 1.82) is 0 Å². The maximum Gasteiger partial charge on any atom is 0.326 e. The van der Waals surface area contributed by atoms with E-state index in [1.807, 2.05) is 35.2 Å². The number of thioether (sulfide) groups is 1. The minimum absolute atomic E-state index is 0.331. The maximum atomic E-state index is 13.4. The number of benzene rings is 1. The molecule has 162 valence electrons. The molecule has 0 unspecified atom stereocenters. The highest BCUT2D eigenvalue weighted by Gasteiger charge is 2.23. The molecule has 0 saturated carbocycles. The number of carbonyl (C=O) groups excluding carboxylic acids is 1. The summed E-state index contributed by atoms with van der Waals surface area (Å²) >= 11 is 2.79. The van der Waals surface area contributed by atoms with Crippen molar-refractivity contribution in [3.63, 3.8) is 0 Å². The first-order valence-electron chi connectivity index (χ1n) is 9.52. The minimum Gasteiger partial charge on any atom is -0.480 e. The van der Waals surface area contributed by atoms with Crippen LogP contribution in [0.1, 0.15) is 21.0 Å². The number of nitrogens with one attached hydrogen (secondary N) is 1. The number of hydrogen-bond donors (Lipinski definition) is 2. The number of carboxylic acid groups (broad SMARTS) is 1. The standard InChI is InChI=1S/C22H22FN3O3S2/c1-30-12-8-19(22(28)29)25-21(27)20-18(15-4-6-16(23)7-5-15)13-17(31-20)3-2-10-26-11-9-24-14-26/h2-7,9,11,13-14,19H,8,10,12H2,1H3,(H,25,27)(H,28,29)/b3-2+/t19-/m0/s1. The molecule has 3 rings (SSSR count). The summed E-state index contributed by atoms with van der Waals surface area (Å²) in [4.78, 5) is 29.7. The molecular weight excluding hydrogens is 437 g/mol. The number of carbonyl (C=O) groups is 2. The molecule has 2 heterocycles. The van der Waals surface area contributed by atoms with Crippen LogP contribution in [0.5, 0.6) is 0 Å². The number of thiophene rings is 1. The van der Waals surface area contributed by atoms with Gasteiger partial charge in [0, 0.05) is 29.4 Å². The molecule has 0 aliphatic heterocycles. The highest BCUT2D eigenvalue weighted by atomic mass is 32.2. The average molecular weight is 460 g/mol. The zero-order valence-electron chi connectivity index (χ0n) is 16.8. The molecule has 2 N–H and O–H groups in total. The number of nitrogens with zero attached hydrogens (tertiary/aromatic N) is 2. The van der Waals surface area contributed by atoms with E-state index in [9.17, 15) is 19.1 Å². The summed E-state index contributed by atoms with van der Waals surface area (Å²) in [5.41, 5.74) is 1.33. The van der Waals surface area contributed by atoms with Crippen LogP contribution in [0.25, 0.3) is 17.2 Å². The second-order valence-electron chi connectivity index (χ2n) is 6.71. The lowest BCUT2D eigenvalue weighted by Crippen LogP contribution is -2.41. The van der Waals surface area contributed by atoms with Crippen LogP contribution >= 0.6 is 23.1 Å². The topological polar surface area (TPSA) is 84.2 Å². The Kier molecular flexibility index (Phi) is 8.02. The molecule has 0 saturated heterocycles. The van der Waals surface area contributed by atoms with Crippen LogP contribution < -0.4 is 5.32 Å². The zero-order chi connectivity index (χ0) is 22.2. The van der Waals surface area contributed by atoms with Crippen LogP contribution in [0.2, 0.25) is 0 Å². The van der Waals surface area contributed by atoms with Crippen molar-refractivity contribution in [2.24, 2.45) is 0 Å². The second kappa shape index (κ2) is 10.9. The number of allylic oxidation sites excluding steroid dienone is 1. The molecule has 0 aliphatic rings. The number of aromatic nitrogens is 2. The van der Waals surface area contributed by atoms with E-state index in [-0.39, 0.29) is 5.82 Å². The Balaban J connectivity index is 1.87. The van der Waals surface area contributed by atoms with E-state index in [0.717, 1.165) is 4.88 Å². The third-order valence-corrected chi connectivity index (χ3v) is 6.23. The van der Waals surface area contributed by atoms with Gasteiger partial charge < -0.3 is 15.0 Å². The van der Waals surface area contributed by atoms with Gasteiger partial charge in [-0.2, -0.15) is 11.8 Å². The molecule has 0 fully saturated rings. The molecular formula is C22H22FN3O3S2. The van der Waals surface area contributed by atoms with Crippen molar-refractivity contribution in [3.05, 3.63) is 70.7 Å². The van der Waals surface area contributed by atoms with Gasteiger partial charge in [-0.3, -0.25) is 4.79 Å². The van der Waals surface area contributed by atoms with Gasteiger partial charge in [0.15, 0.2) is 0 Å². The fourth-order valence-corrected chi connectivity index (χ4v) is 4.39. The smallest absolute Gasteiger partial charge is 0.326 e. The monoisotopic (exact) mass is 459 g/mol. The number of imidazole rings is 1. The van der Waals surface area contributed by atoms with Gasteiger partial charge in [-0.05, 0) is 48.3 Å². The maximum absolute atomic E-state index is 13.4. The first kappa shape index (κ1) is 22.8. The lowest BCUT2D eigenvalue weighted by molar-refractivity contribution is -0.139. The zero-order valence-corrected chi connectivity index (χ0v) is 18.5. The molecule has 1 atom stereocenters. The van der Waals surface area contributed by atoms with Crippen molar-refractivity contribution in [3.8, 4) is 11.1 Å². The van der Waals surface area contributed by atoms with Crippen molar-refractivity contribution >= 4 is 41.1 Å². The number of amides is 1. The Hall–Kier alpha value is -2.91. The summed E-state index contributed by atoms with van der Waals surface area (Å²) in [5, 5.41) is 12.1. The molecule has 0 aliphatic carbocycles. The van der Waals surface area contributed by atoms with Crippen molar-refractivity contribution in [2.45, 2.75) is 19.0 Å². The van der Waals surface area contributed by atoms with Gasteiger partial charge >= 0.3 is 5.97 Å². The number of aliphatic carboxylic acids is 1. The van der Waals surface area contributed by atoms with Gasteiger partial charge in [0.2, 0.25) is 0 Å². The van der Waals surface area contributed by atoms with Crippen LogP contribution in [0.15, 0.2) is 55.1 Å². The van der Waals surface area contributed by atoms with Gasteiger partial charge in [-0.1, -0.05) is 18.2 Å². The predicted octanol–water partition coefficient (Wildman–Crippen LogP) is 4.40. The molecule has 1 amide bonds.